The van der Waals surface area contributed by atoms with Gasteiger partial charge < -0.3 is 20.0 Å². The molecule has 0 aromatic heterocycles. The second-order valence-electron chi connectivity index (χ2n) is 7.14. The third-order valence-electron chi connectivity index (χ3n) is 5.35. The Labute approximate surface area is 156 Å². The van der Waals surface area contributed by atoms with Crippen LogP contribution in [-0.4, -0.2) is 67.4 Å². The van der Waals surface area contributed by atoms with Crippen molar-refractivity contribution in [2.75, 3.05) is 50.7 Å². The number of nitrogens with zero attached hydrogens (tertiary/aromatic N) is 3. The second-order valence-corrected chi connectivity index (χ2v) is 7.14. The van der Waals surface area contributed by atoms with Gasteiger partial charge in [0.25, 0.3) is 0 Å². The van der Waals surface area contributed by atoms with E-state index in [0.29, 0.717) is 13.0 Å². The molecule has 1 N–H and O–H groups in total. The fourth-order valence-electron chi connectivity index (χ4n) is 3.77. The van der Waals surface area contributed by atoms with Crippen LogP contribution < -0.4 is 10.2 Å². The molecule has 2 fully saturated rings. The van der Waals surface area contributed by atoms with Gasteiger partial charge in [-0.15, -0.1) is 0 Å². The van der Waals surface area contributed by atoms with Gasteiger partial charge in [0.15, 0.2) is 0 Å². The summed E-state index contributed by atoms with van der Waals surface area (Å²) < 4.78 is 0. The van der Waals surface area contributed by atoms with E-state index in [0.717, 1.165) is 58.7 Å². The maximum absolute atomic E-state index is 12.1. The van der Waals surface area contributed by atoms with Gasteiger partial charge in [-0.3, -0.25) is 9.59 Å². The van der Waals surface area contributed by atoms with Crippen molar-refractivity contribution < 1.29 is 9.59 Å². The topological polar surface area (TPSA) is 55.9 Å². The minimum Gasteiger partial charge on any atom is -0.368 e. The van der Waals surface area contributed by atoms with Crippen molar-refractivity contribution in [1.29, 1.82) is 0 Å². The summed E-state index contributed by atoms with van der Waals surface area (Å²) in [6, 6.07) is 8.41. The summed E-state index contributed by atoms with van der Waals surface area (Å²) in [5, 5.41) is 3.42. The van der Waals surface area contributed by atoms with Crippen molar-refractivity contribution in [2.45, 2.75) is 32.7 Å². The smallest absolute Gasteiger partial charge is 0.223 e. The first kappa shape index (κ1) is 18.7. The molecule has 2 heterocycles. The number of benzene rings is 1. The highest BCUT2D eigenvalue weighted by atomic mass is 16.2. The molecule has 1 aromatic carbocycles. The molecule has 0 aliphatic carbocycles. The number of piperazine rings is 1. The summed E-state index contributed by atoms with van der Waals surface area (Å²) in [4.78, 5) is 29.8. The number of hydrogen-bond acceptors (Lipinski definition) is 4. The highest BCUT2D eigenvalue weighted by Crippen LogP contribution is 2.22. The highest BCUT2D eigenvalue weighted by Gasteiger charge is 2.20. The summed E-state index contributed by atoms with van der Waals surface area (Å²) in [6.45, 7) is 8.24. The fraction of sp³-hybridized carbons (Fsp3) is 0.600. The molecule has 1 aromatic rings. The van der Waals surface area contributed by atoms with E-state index in [9.17, 15) is 9.59 Å². The van der Waals surface area contributed by atoms with E-state index < -0.39 is 0 Å². The first-order chi connectivity index (χ1) is 12.6. The number of anilines is 1. The Bertz CT molecular complexity index is 620. The Balaban J connectivity index is 1.48. The quantitative estimate of drug-likeness (QED) is 0.782. The summed E-state index contributed by atoms with van der Waals surface area (Å²) in [5.41, 5.74) is 2.48. The van der Waals surface area contributed by atoms with Crippen LogP contribution in [0, 0.1) is 0 Å². The molecule has 0 unspecified atom stereocenters. The van der Waals surface area contributed by atoms with Crippen LogP contribution in [0.3, 0.4) is 0 Å². The molecular weight excluding hydrogens is 328 g/mol. The molecule has 26 heavy (non-hydrogen) atoms. The summed E-state index contributed by atoms with van der Waals surface area (Å²) in [6.07, 6.45) is 2.85. The minimum atomic E-state index is 0.155. The first-order valence-electron chi connectivity index (χ1n) is 9.72. The molecule has 0 spiro atoms. The number of nitrogens with one attached hydrogen (secondary N) is 1. The van der Waals surface area contributed by atoms with Crippen molar-refractivity contribution in [3.05, 3.63) is 29.8 Å². The van der Waals surface area contributed by atoms with Crippen molar-refractivity contribution in [3.8, 4) is 0 Å². The number of amides is 2. The van der Waals surface area contributed by atoms with Crippen LogP contribution in [-0.2, 0) is 16.1 Å². The van der Waals surface area contributed by atoms with Crippen LogP contribution in [0.1, 0.15) is 31.7 Å². The second kappa shape index (κ2) is 9.03. The van der Waals surface area contributed by atoms with Crippen LogP contribution in [0.25, 0.3) is 0 Å². The van der Waals surface area contributed by atoms with Crippen LogP contribution in [0.4, 0.5) is 5.69 Å². The van der Waals surface area contributed by atoms with Crippen molar-refractivity contribution in [2.24, 2.45) is 0 Å². The van der Waals surface area contributed by atoms with Crippen LogP contribution in [0.5, 0.6) is 0 Å². The third kappa shape index (κ3) is 4.75. The van der Waals surface area contributed by atoms with Crippen LogP contribution >= 0.6 is 0 Å². The van der Waals surface area contributed by atoms with E-state index in [4.69, 9.17) is 0 Å². The maximum Gasteiger partial charge on any atom is 0.223 e. The molecule has 3 rings (SSSR count). The molecule has 0 radical (unpaired) electrons. The molecule has 2 saturated heterocycles. The lowest BCUT2D eigenvalue weighted by Crippen LogP contribution is -2.48. The van der Waals surface area contributed by atoms with Gasteiger partial charge in [-0.2, -0.15) is 0 Å². The van der Waals surface area contributed by atoms with Gasteiger partial charge in [0.2, 0.25) is 11.8 Å². The average molecular weight is 358 g/mol. The lowest BCUT2D eigenvalue weighted by Gasteiger charge is -2.36. The number of rotatable bonds is 6. The molecule has 2 aliphatic heterocycles. The monoisotopic (exact) mass is 358 g/mol. The Hall–Kier alpha value is -2.08. The fourth-order valence-corrected chi connectivity index (χ4v) is 3.77. The number of para-hydroxylation sites is 1. The number of hydrogen-bond donors (Lipinski definition) is 1. The summed E-state index contributed by atoms with van der Waals surface area (Å²) in [5.74, 6) is 0.422. The number of carbonyl (C=O) groups excluding carboxylic acids is 2. The van der Waals surface area contributed by atoms with E-state index in [1.165, 1.54) is 11.3 Å². The highest BCUT2D eigenvalue weighted by molar-refractivity contribution is 5.76. The number of carbonyl (C=O) groups is 2. The molecular formula is C20H30N4O2. The summed E-state index contributed by atoms with van der Waals surface area (Å²) in [7, 11) is 0. The minimum absolute atomic E-state index is 0.155. The zero-order valence-corrected chi connectivity index (χ0v) is 15.7. The van der Waals surface area contributed by atoms with E-state index in [1.54, 1.807) is 6.92 Å². The Morgan fingerprint density at radius 2 is 1.65 bits per heavy atom. The zero-order chi connectivity index (χ0) is 18.4. The molecule has 6 heteroatoms. The van der Waals surface area contributed by atoms with Gasteiger partial charge in [0.1, 0.15) is 0 Å². The zero-order valence-electron chi connectivity index (χ0n) is 15.7. The molecule has 2 aliphatic rings. The normalized spacial score (nSPS) is 17.7. The lowest BCUT2D eigenvalue weighted by atomic mass is 10.1. The maximum atomic E-state index is 12.1. The Morgan fingerprint density at radius 1 is 0.962 bits per heavy atom. The van der Waals surface area contributed by atoms with Gasteiger partial charge in [-0.05, 0) is 24.5 Å². The van der Waals surface area contributed by atoms with Gasteiger partial charge in [0.05, 0.1) is 0 Å². The van der Waals surface area contributed by atoms with Crippen molar-refractivity contribution in [1.82, 2.24) is 15.1 Å². The standard InChI is InChI=1S/C20H30N4O2/c1-17(25)22-12-14-23(15-13-22)19-7-3-2-6-18(19)16-21-9-8-20(26)24-10-4-5-11-24/h2-3,6-7,21H,4-5,8-16H2,1H3. The summed E-state index contributed by atoms with van der Waals surface area (Å²) >= 11 is 0. The van der Waals surface area contributed by atoms with E-state index in [-0.39, 0.29) is 11.8 Å². The molecule has 0 atom stereocenters. The van der Waals surface area contributed by atoms with E-state index >= 15 is 0 Å². The predicted molar refractivity (Wildman–Crippen MR) is 103 cm³/mol. The van der Waals surface area contributed by atoms with Crippen LogP contribution in [0.15, 0.2) is 24.3 Å². The van der Waals surface area contributed by atoms with E-state index in [2.05, 4.69) is 34.5 Å². The largest absolute Gasteiger partial charge is 0.368 e. The molecule has 0 saturated carbocycles. The molecule has 142 valence electrons. The van der Waals surface area contributed by atoms with Gasteiger partial charge in [-0.1, -0.05) is 18.2 Å². The lowest BCUT2D eigenvalue weighted by molar-refractivity contribution is -0.130. The third-order valence-corrected chi connectivity index (χ3v) is 5.35. The van der Waals surface area contributed by atoms with Gasteiger partial charge in [0, 0.05) is 71.4 Å². The predicted octanol–water partition coefficient (Wildman–Crippen LogP) is 1.46. The first-order valence-corrected chi connectivity index (χ1v) is 9.72. The van der Waals surface area contributed by atoms with E-state index in [1.807, 2.05) is 9.80 Å². The average Bonchev–Trinajstić information content (AvgIpc) is 3.20. The van der Waals surface area contributed by atoms with Gasteiger partial charge >= 0.3 is 0 Å². The van der Waals surface area contributed by atoms with Crippen molar-refractivity contribution in [3.63, 3.8) is 0 Å². The van der Waals surface area contributed by atoms with Crippen LogP contribution in [0.2, 0.25) is 0 Å². The Morgan fingerprint density at radius 3 is 2.35 bits per heavy atom. The Kier molecular flexibility index (Phi) is 6.50. The van der Waals surface area contributed by atoms with Gasteiger partial charge in [-0.25, -0.2) is 0 Å². The SMILES string of the molecule is CC(=O)N1CCN(c2ccccc2CNCCC(=O)N2CCCC2)CC1. The number of likely N-dealkylation sites (tertiary alicyclic amines) is 1. The molecule has 6 nitrogen and oxygen atoms in total. The molecule has 0 bridgehead atoms. The molecule has 2 amide bonds. The van der Waals surface area contributed by atoms with Crippen molar-refractivity contribution >= 4 is 17.5 Å².